The van der Waals surface area contributed by atoms with Crippen molar-refractivity contribution in [3.05, 3.63) is 12.4 Å². The molecule has 0 aliphatic carbocycles. The number of hydrogen-bond donors (Lipinski definition) is 0. The first-order chi connectivity index (χ1) is 3.72. The zero-order chi connectivity index (χ0) is 6.15. The van der Waals surface area contributed by atoms with E-state index in [-0.39, 0.29) is 0 Å². The minimum atomic E-state index is -1.53. The van der Waals surface area contributed by atoms with E-state index in [1.807, 2.05) is 0 Å². The lowest BCUT2D eigenvalue weighted by molar-refractivity contribution is 0.622. The van der Waals surface area contributed by atoms with Crippen LogP contribution in [0.4, 0.5) is 4.20 Å². The normalized spacial score (nSPS) is 20.9. The molecule has 46 valence electrons. The van der Waals surface area contributed by atoms with Crippen molar-refractivity contribution in [2.75, 3.05) is 14.1 Å². The van der Waals surface area contributed by atoms with Crippen LogP contribution in [0.2, 0.25) is 0 Å². The molecular formula is C4H8FN2P. The summed E-state index contributed by atoms with van der Waals surface area (Å²) in [5, 5.41) is 0. The van der Waals surface area contributed by atoms with Crippen molar-refractivity contribution < 1.29 is 4.20 Å². The van der Waals surface area contributed by atoms with E-state index in [0.29, 0.717) is 0 Å². The highest BCUT2D eigenvalue weighted by molar-refractivity contribution is 7.47. The summed E-state index contributed by atoms with van der Waals surface area (Å²) in [5.41, 5.74) is 0. The molecule has 1 rings (SSSR count). The molecule has 8 heavy (non-hydrogen) atoms. The van der Waals surface area contributed by atoms with Gasteiger partial charge in [-0.2, -0.15) is 4.20 Å². The number of halogens is 1. The van der Waals surface area contributed by atoms with E-state index in [1.54, 1.807) is 35.8 Å². The van der Waals surface area contributed by atoms with Crippen LogP contribution >= 0.6 is 8.53 Å². The molecule has 0 fully saturated rings. The van der Waals surface area contributed by atoms with Crippen molar-refractivity contribution in [2.24, 2.45) is 0 Å². The van der Waals surface area contributed by atoms with Crippen molar-refractivity contribution >= 4 is 8.53 Å². The SMILES string of the molecule is CN1C=CN(C)P1F. The van der Waals surface area contributed by atoms with E-state index >= 15 is 0 Å². The van der Waals surface area contributed by atoms with E-state index in [2.05, 4.69) is 0 Å². The van der Waals surface area contributed by atoms with Crippen LogP contribution < -0.4 is 0 Å². The zero-order valence-electron chi connectivity index (χ0n) is 4.87. The van der Waals surface area contributed by atoms with Gasteiger partial charge in [-0.15, -0.1) is 0 Å². The largest absolute Gasteiger partial charge is 0.316 e. The van der Waals surface area contributed by atoms with E-state index in [0.717, 1.165) is 0 Å². The summed E-state index contributed by atoms with van der Waals surface area (Å²) in [7, 11) is 1.92. The van der Waals surface area contributed by atoms with Gasteiger partial charge in [0.05, 0.1) is 0 Å². The maximum absolute atomic E-state index is 12.6. The molecule has 0 N–H and O–H groups in total. The van der Waals surface area contributed by atoms with Gasteiger partial charge in [0.2, 0.25) is 0 Å². The summed E-state index contributed by atoms with van der Waals surface area (Å²) in [4.78, 5) is 0. The number of nitrogens with zero attached hydrogens (tertiary/aromatic N) is 2. The highest BCUT2D eigenvalue weighted by atomic mass is 31.2. The van der Waals surface area contributed by atoms with Gasteiger partial charge in [-0.05, 0) is 0 Å². The molecule has 0 aromatic carbocycles. The van der Waals surface area contributed by atoms with Gasteiger partial charge in [0.15, 0.2) is 0 Å². The molecule has 0 atom stereocenters. The van der Waals surface area contributed by atoms with Crippen LogP contribution in [0.5, 0.6) is 0 Å². The second-order valence-corrected chi connectivity index (χ2v) is 3.43. The van der Waals surface area contributed by atoms with Crippen molar-refractivity contribution in [1.29, 1.82) is 0 Å². The maximum Gasteiger partial charge on any atom is 0.292 e. The molecule has 2 nitrogen and oxygen atoms in total. The van der Waals surface area contributed by atoms with Crippen LogP contribution in [-0.2, 0) is 0 Å². The van der Waals surface area contributed by atoms with Crippen molar-refractivity contribution in [2.45, 2.75) is 0 Å². The maximum atomic E-state index is 12.6. The Labute approximate surface area is 49.6 Å². The summed E-state index contributed by atoms with van der Waals surface area (Å²) in [6, 6.07) is 0. The van der Waals surface area contributed by atoms with Crippen molar-refractivity contribution in [3.8, 4) is 0 Å². The van der Waals surface area contributed by atoms with Crippen LogP contribution in [0.15, 0.2) is 12.4 Å². The monoisotopic (exact) mass is 134 g/mol. The van der Waals surface area contributed by atoms with Crippen LogP contribution in [0.3, 0.4) is 0 Å². The molecule has 4 heteroatoms. The third kappa shape index (κ3) is 0.781. The van der Waals surface area contributed by atoms with E-state index < -0.39 is 8.53 Å². The first-order valence-electron chi connectivity index (χ1n) is 2.31. The molecule has 0 radical (unpaired) electrons. The minimum absolute atomic E-state index is 1.53. The Morgan fingerprint density at radius 3 is 1.75 bits per heavy atom. The molecular weight excluding hydrogens is 126 g/mol. The smallest absolute Gasteiger partial charge is 0.292 e. The first-order valence-corrected chi connectivity index (χ1v) is 3.45. The molecule has 0 saturated carbocycles. The third-order valence-corrected chi connectivity index (χ3v) is 2.33. The quantitative estimate of drug-likeness (QED) is 0.463. The Morgan fingerprint density at radius 2 is 1.62 bits per heavy atom. The Hall–Kier alpha value is -0.300. The van der Waals surface area contributed by atoms with Gasteiger partial charge in [-0.3, -0.25) is 0 Å². The Bertz CT molecular complexity index is 105. The van der Waals surface area contributed by atoms with E-state index in [4.69, 9.17) is 0 Å². The second kappa shape index (κ2) is 1.90. The summed E-state index contributed by atoms with van der Waals surface area (Å²) >= 11 is 0. The molecule has 0 saturated heterocycles. The van der Waals surface area contributed by atoms with Gasteiger partial charge in [0, 0.05) is 26.5 Å². The average Bonchev–Trinajstić information content (AvgIpc) is 1.98. The van der Waals surface area contributed by atoms with Crippen LogP contribution in [0.1, 0.15) is 0 Å². The van der Waals surface area contributed by atoms with Gasteiger partial charge in [-0.1, -0.05) is 0 Å². The molecule has 0 spiro atoms. The average molecular weight is 134 g/mol. The topological polar surface area (TPSA) is 6.48 Å². The Balaban J connectivity index is 2.55. The van der Waals surface area contributed by atoms with Crippen molar-refractivity contribution in [1.82, 2.24) is 9.34 Å². The second-order valence-electron chi connectivity index (χ2n) is 1.69. The fourth-order valence-corrected chi connectivity index (χ4v) is 1.31. The lowest BCUT2D eigenvalue weighted by Gasteiger charge is -2.15. The lowest BCUT2D eigenvalue weighted by atomic mass is 10.9. The van der Waals surface area contributed by atoms with Crippen molar-refractivity contribution in [3.63, 3.8) is 0 Å². The molecule has 1 heterocycles. The summed E-state index contributed by atoms with van der Waals surface area (Å²) in [6.45, 7) is 0. The summed E-state index contributed by atoms with van der Waals surface area (Å²) < 4.78 is 15.7. The standard InChI is InChI=1S/C4H8FN2P/c1-6-3-4-7(2)8(6)5/h3-4H,1-2H3. The Morgan fingerprint density at radius 1 is 1.25 bits per heavy atom. The first kappa shape index (κ1) is 5.83. The molecule has 0 amide bonds. The molecule has 1 aliphatic heterocycles. The minimum Gasteiger partial charge on any atom is -0.316 e. The van der Waals surface area contributed by atoms with Crippen LogP contribution in [-0.4, -0.2) is 23.4 Å². The van der Waals surface area contributed by atoms with Crippen LogP contribution in [0, 0.1) is 0 Å². The highest BCUT2D eigenvalue weighted by Gasteiger charge is 2.19. The molecule has 1 aliphatic rings. The van der Waals surface area contributed by atoms with Gasteiger partial charge in [0.1, 0.15) is 0 Å². The van der Waals surface area contributed by atoms with Gasteiger partial charge < -0.3 is 9.34 Å². The molecule has 0 aromatic rings. The van der Waals surface area contributed by atoms with E-state index in [9.17, 15) is 4.20 Å². The Kier molecular flexibility index (Phi) is 1.39. The molecule has 0 bridgehead atoms. The molecule has 0 aromatic heterocycles. The molecule has 0 unspecified atom stereocenters. The summed E-state index contributed by atoms with van der Waals surface area (Å²) in [6.07, 6.45) is 3.46. The fraction of sp³-hybridized carbons (Fsp3) is 0.500. The number of rotatable bonds is 0. The fourth-order valence-electron chi connectivity index (χ4n) is 0.526. The summed E-state index contributed by atoms with van der Waals surface area (Å²) in [5.74, 6) is 0. The zero-order valence-corrected chi connectivity index (χ0v) is 5.77. The lowest BCUT2D eigenvalue weighted by Crippen LogP contribution is -2.02. The highest BCUT2D eigenvalue weighted by Crippen LogP contribution is 2.47. The third-order valence-electron chi connectivity index (χ3n) is 1.02. The van der Waals surface area contributed by atoms with Gasteiger partial charge >= 0.3 is 0 Å². The predicted molar refractivity (Wildman–Crippen MR) is 32.7 cm³/mol. The van der Waals surface area contributed by atoms with Gasteiger partial charge in [0.25, 0.3) is 8.53 Å². The van der Waals surface area contributed by atoms with Gasteiger partial charge in [-0.25, -0.2) is 0 Å². The van der Waals surface area contributed by atoms with Crippen LogP contribution in [0.25, 0.3) is 0 Å². The number of hydrogen-bond acceptors (Lipinski definition) is 2. The van der Waals surface area contributed by atoms with E-state index in [1.165, 1.54) is 0 Å². The predicted octanol–water partition coefficient (Wildman–Crippen LogP) is 1.53.